The highest BCUT2D eigenvalue weighted by Gasteiger charge is 2.45. The van der Waals surface area contributed by atoms with E-state index in [2.05, 4.69) is 38.2 Å². The molecule has 0 aromatic heterocycles. The smallest absolute Gasteiger partial charge is 0.0595 e. The van der Waals surface area contributed by atoms with Crippen molar-refractivity contribution in [2.24, 2.45) is 11.8 Å². The molecule has 1 aliphatic carbocycles. The fourth-order valence-electron chi connectivity index (χ4n) is 2.96. The summed E-state index contributed by atoms with van der Waals surface area (Å²) in [6.45, 7) is 8.91. The summed E-state index contributed by atoms with van der Waals surface area (Å²) in [5, 5.41) is 4.92. The molecule has 1 fully saturated rings. The topological polar surface area (TPSA) is 12.0 Å². The van der Waals surface area contributed by atoms with Crippen molar-refractivity contribution in [3.8, 4) is 0 Å². The van der Waals surface area contributed by atoms with Gasteiger partial charge in [-0.2, -0.15) is 0 Å². The molecule has 1 saturated carbocycles. The zero-order valence-corrected chi connectivity index (χ0v) is 13.5. The number of benzene rings is 1. The van der Waals surface area contributed by atoms with E-state index in [1.54, 1.807) is 0 Å². The van der Waals surface area contributed by atoms with Gasteiger partial charge in [0.1, 0.15) is 0 Å². The van der Waals surface area contributed by atoms with Crippen LogP contribution in [0.15, 0.2) is 18.2 Å². The Morgan fingerprint density at radius 2 is 2.05 bits per heavy atom. The summed E-state index contributed by atoms with van der Waals surface area (Å²) in [6, 6.07) is 6.12. The van der Waals surface area contributed by atoms with Crippen LogP contribution in [-0.2, 0) is 5.41 Å². The van der Waals surface area contributed by atoms with Crippen LogP contribution in [0.1, 0.15) is 39.2 Å². The average molecular weight is 300 g/mol. The van der Waals surface area contributed by atoms with Crippen molar-refractivity contribution in [1.29, 1.82) is 0 Å². The third-order valence-corrected chi connectivity index (χ3v) is 5.19. The van der Waals surface area contributed by atoms with Gasteiger partial charge in [-0.15, -0.1) is 0 Å². The first-order valence-electron chi connectivity index (χ1n) is 7.12. The van der Waals surface area contributed by atoms with E-state index in [9.17, 15) is 0 Å². The van der Waals surface area contributed by atoms with Crippen molar-refractivity contribution in [1.82, 2.24) is 5.32 Å². The largest absolute Gasteiger partial charge is 0.316 e. The van der Waals surface area contributed by atoms with E-state index in [0.717, 1.165) is 13.1 Å². The van der Waals surface area contributed by atoms with Crippen molar-refractivity contribution in [2.75, 3.05) is 13.1 Å². The van der Waals surface area contributed by atoms with Crippen LogP contribution >= 0.6 is 23.2 Å². The molecule has 0 heterocycles. The van der Waals surface area contributed by atoms with Crippen LogP contribution in [0, 0.1) is 11.8 Å². The molecule has 0 spiro atoms. The lowest BCUT2D eigenvalue weighted by molar-refractivity contribution is 0.133. The molecule has 1 aliphatic rings. The summed E-state index contributed by atoms with van der Waals surface area (Å²) in [7, 11) is 0. The molecule has 2 atom stereocenters. The molecule has 0 saturated heterocycles. The van der Waals surface area contributed by atoms with Crippen molar-refractivity contribution in [2.45, 2.75) is 39.0 Å². The van der Waals surface area contributed by atoms with Gasteiger partial charge in [-0.05, 0) is 48.9 Å². The highest BCUT2D eigenvalue weighted by Crippen LogP contribution is 2.49. The second kappa shape index (κ2) is 6.03. The van der Waals surface area contributed by atoms with Gasteiger partial charge in [-0.3, -0.25) is 0 Å². The number of hydrogen-bond acceptors (Lipinski definition) is 1. The fourth-order valence-corrected chi connectivity index (χ4v) is 3.26. The summed E-state index contributed by atoms with van der Waals surface area (Å²) >= 11 is 12.2. The van der Waals surface area contributed by atoms with E-state index in [0.29, 0.717) is 21.9 Å². The van der Waals surface area contributed by atoms with E-state index >= 15 is 0 Å². The summed E-state index contributed by atoms with van der Waals surface area (Å²) in [6.07, 6.45) is 2.53. The molecule has 2 rings (SSSR count). The van der Waals surface area contributed by atoms with E-state index in [-0.39, 0.29) is 5.41 Å². The summed E-state index contributed by atoms with van der Waals surface area (Å²) < 4.78 is 0. The first-order valence-corrected chi connectivity index (χ1v) is 7.87. The Morgan fingerprint density at radius 1 is 1.32 bits per heavy atom. The maximum absolute atomic E-state index is 6.18. The lowest BCUT2D eigenvalue weighted by Gasteiger charge is -2.49. The van der Waals surface area contributed by atoms with E-state index in [1.165, 1.54) is 18.4 Å². The molecular formula is C16H23Cl2N. The molecule has 2 unspecified atom stereocenters. The van der Waals surface area contributed by atoms with Crippen LogP contribution in [0.4, 0.5) is 0 Å². The molecule has 1 nitrogen and oxygen atoms in total. The molecule has 1 N–H and O–H groups in total. The van der Waals surface area contributed by atoms with E-state index in [4.69, 9.17) is 23.2 Å². The van der Waals surface area contributed by atoms with Gasteiger partial charge in [0, 0.05) is 12.0 Å². The van der Waals surface area contributed by atoms with Gasteiger partial charge in [0.15, 0.2) is 0 Å². The molecule has 106 valence electrons. The van der Waals surface area contributed by atoms with Crippen LogP contribution in [-0.4, -0.2) is 13.1 Å². The second-order valence-electron chi connectivity index (χ2n) is 6.25. The molecular weight excluding hydrogens is 277 g/mol. The lowest BCUT2D eigenvalue weighted by atomic mass is 9.57. The summed E-state index contributed by atoms with van der Waals surface area (Å²) in [4.78, 5) is 0. The molecule has 0 bridgehead atoms. The Kier molecular flexibility index (Phi) is 4.81. The maximum atomic E-state index is 6.18. The van der Waals surface area contributed by atoms with Gasteiger partial charge in [0.2, 0.25) is 0 Å². The zero-order valence-electron chi connectivity index (χ0n) is 12.0. The third kappa shape index (κ3) is 3.09. The molecule has 0 amide bonds. The average Bonchev–Trinajstić information content (AvgIpc) is 2.36. The minimum Gasteiger partial charge on any atom is -0.316 e. The number of nitrogens with one attached hydrogen (secondary N) is 1. The molecule has 0 aliphatic heterocycles. The maximum Gasteiger partial charge on any atom is 0.0595 e. The fraction of sp³-hybridized carbons (Fsp3) is 0.625. The van der Waals surface area contributed by atoms with Crippen molar-refractivity contribution in [3.05, 3.63) is 33.8 Å². The standard InChI is InChI=1S/C16H23Cl2N/c1-11(2)9-19-10-16(7-6-12(16)3)13-4-5-14(17)15(18)8-13/h4-5,8,11-12,19H,6-7,9-10H2,1-3H3. The van der Waals surface area contributed by atoms with Gasteiger partial charge >= 0.3 is 0 Å². The molecule has 3 heteroatoms. The highest BCUT2D eigenvalue weighted by molar-refractivity contribution is 6.42. The Balaban J connectivity index is 2.17. The van der Waals surface area contributed by atoms with E-state index < -0.39 is 0 Å². The van der Waals surface area contributed by atoms with Crippen LogP contribution in [0.5, 0.6) is 0 Å². The quantitative estimate of drug-likeness (QED) is 0.815. The minimum absolute atomic E-state index is 0.239. The van der Waals surface area contributed by atoms with E-state index in [1.807, 2.05) is 6.07 Å². The summed E-state index contributed by atoms with van der Waals surface area (Å²) in [5.74, 6) is 1.38. The van der Waals surface area contributed by atoms with Gasteiger partial charge in [-0.1, -0.05) is 50.0 Å². The molecule has 1 aromatic carbocycles. The molecule has 0 radical (unpaired) electrons. The predicted octanol–water partition coefficient (Wildman–Crippen LogP) is 4.91. The van der Waals surface area contributed by atoms with Gasteiger partial charge in [0.25, 0.3) is 0 Å². The molecule has 1 aromatic rings. The van der Waals surface area contributed by atoms with Crippen molar-refractivity contribution >= 4 is 23.2 Å². The third-order valence-electron chi connectivity index (χ3n) is 4.45. The zero-order chi connectivity index (χ0) is 14.0. The highest BCUT2D eigenvalue weighted by atomic mass is 35.5. The van der Waals surface area contributed by atoms with Gasteiger partial charge in [-0.25, -0.2) is 0 Å². The minimum atomic E-state index is 0.239. The van der Waals surface area contributed by atoms with Gasteiger partial charge in [0.05, 0.1) is 10.0 Å². The molecule has 19 heavy (non-hydrogen) atoms. The number of rotatable bonds is 5. The Hall–Kier alpha value is -0.240. The Bertz CT molecular complexity index is 444. The van der Waals surface area contributed by atoms with Crippen molar-refractivity contribution in [3.63, 3.8) is 0 Å². The van der Waals surface area contributed by atoms with Crippen LogP contribution < -0.4 is 5.32 Å². The number of hydrogen-bond donors (Lipinski definition) is 1. The Morgan fingerprint density at radius 3 is 2.53 bits per heavy atom. The first-order chi connectivity index (χ1) is 8.95. The summed E-state index contributed by atoms with van der Waals surface area (Å²) in [5.41, 5.74) is 1.57. The van der Waals surface area contributed by atoms with Crippen LogP contribution in [0.25, 0.3) is 0 Å². The van der Waals surface area contributed by atoms with Crippen LogP contribution in [0.2, 0.25) is 10.0 Å². The first kappa shape index (κ1) is 15.2. The predicted molar refractivity (Wildman–Crippen MR) is 84.2 cm³/mol. The van der Waals surface area contributed by atoms with Crippen LogP contribution in [0.3, 0.4) is 0 Å². The van der Waals surface area contributed by atoms with Gasteiger partial charge < -0.3 is 5.32 Å². The second-order valence-corrected chi connectivity index (χ2v) is 7.06. The normalized spacial score (nSPS) is 26.5. The Labute approximate surface area is 126 Å². The monoisotopic (exact) mass is 299 g/mol. The number of halogens is 2. The SMILES string of the molecule is CC(C)CNCC1(c2ccc(Cl)c(Cl)c2)CCC1C. The van der Waals surface area contributed by atoms with Crippen molar-refractivity contribution < 1.29 is 0 Å². The lowest BCUT2D eigenvalue weighted by Crippen LogP contribution is -2.50.